The molecular formula is C23H36O2. The Morgan fingerprint density at radius 3 is 2.56 bits per heavy atom. The third-order valence-corrected chi connectivity index (χ3v) is 7.51. The number of ketones is 1. The second-order valence-electron chi connectivity index (χ2n) is 9.72. The highest BCUT2D eigenvalue weighted by Crippen LogP contribution is 2.74. The van der Waals surface area contributed by atoms with Gasteiger partial charge in [-0.15, -0.1) is 0 Å². The molecule has 2 nitrogen and oxygen atoms in total. The van der Waals surface area contributed by atoms with E-state index in [0.717, 1.165) is 37.9 Å². The van der Waals surface area contributed by atoms with Crippen molar-refractivity contribution in [2.75, 3.05) is 0 Å². The van der Waals surface area contributed by atoms with Gasteiger partial charge in [-0.2, -0.15) is 0 Å². The van der Waals surface area contributed by atoms with Crippen LogP contribution in [0.3, 0.4) is 0 Å². The van der Waals surface area contributed by atoms with Crippen LogP contribution in [0.4, 0.5) is 0 Å². The summed E-state index contributed by atoms with van der Waals surface area (Å²) in [6, 6.07) is 0. The van der Waals surface area contributed by atoms with E-state index in [1.807, 2.05) is 0 Å². The lowest BCUT2D eigenvalue weighted by molar-refractivity contribution is -0.137. The molecule has 2 aliphatic carbocycles. The van der Waals surface area contributed by atoms with Crippen LogP contribution in [-0.4, -0.2) is 11.4 Å². The zero-order valence-corrected chi connectivity index (χ0v) is 17.3. The topological polar surface area (TPSA) is 26.3 Å². The van der Waals surface area contributed by atoms with E-state index < -0.39 is 0 Å². The SMILES string of the molecule is CCCC(=O)[C@]12C3=C(C)C[C@H](CC=C(C)C)[C@@]1(C)CC[C@H]2C(C)(C)O3. The molecule has 1 aliphatic heterocycles. The van der Waals surface area contributed by atoms with Gasteiger partial charge in [-0.05, 0) is 83.6 Å². The van der Waals surface area contributed by atoms with Gasteiger partial charge in [0.1, 0.15) is 17.1 Å². The minimum atomic E-state index is -0.380. The van der Waals surface area contributed by atoms with Crippen LogP contribution < -0.4 is 0 Å². The zero-order valence-electron chi connectivity index (χ0n) is 17.3. The third-order valence-electron chi connectivity index (χ3n) is 7.51. The molecule has 1 heterocycles. The monoisotopic (exact) mass is 344 g/mol. The molecule has 140 valence electrons. The van der Waals surface area contributed by atoms with Gasteiger partial charge in [0.2, 0.25) is 0 Å². The largest absolute Gasteiger partial charge is 0.491 e. The molecule has 1 saturated carbocycles. The average molecular weight is 345 g/mol. The third kappa shape index (κ3) is 2.39. The standard InChI is InChI=1S/C23H36O2/c1-8-9-19(24)23-18-12-13-22(23,7)17(11-10-15(2)3)14-16(4)20(23)25-21(18,5)6/h10,17-18H,8-9,11-14H2,1-7H3/t17-,18-,22+,23+/m0/s1. The first-order valence-electron chi connectivity index (χ1n) is 10.2. The predicted molar refractivity (Wildman–Crippen MR) is 103 cm³/mol. The van der Waals surface area contributed by atoms with E-state index in [-0.39, 0.29) is 16.4 Å². The van der Waals surface area contributed by atoms with Crippen molar-refractivity contribution in [2.45, 2.75) is 92.6 Å². The Bertz CT molecular complexity index is 634. The molecule has 0 amide bonds. The normalized spacial score (nSPS) is 38.4. The quantitative estimate of drug-likeness (QED) is 0.554. The molecule has 0 spiro atoms. The number of hydrogen-bond acceptors (Lipinski definition) is 2. The van der Waals surface area contributed by atoms with E-state index >= 15 is 0 Å². The summed E-state index contributed by atoms with van der Waals surface area (Å²) >= 11 is 0. The minimum absolute atomic E-state index is 0.0263. The molecule has 0 N–H and O–H groups in total. The lowest BCUT2D eigenvalue weighted by Gasteiger charge is -2.51. The second kappa shape index (κ2) is 5.99. The zero-order chi connectivity index (χ0) is 18.6. The molecule has 3 rings (SSSR count). The van der Waals surface area contributed by atoms with Gasteiger partial charge in [-0.3, -0.25) is 4.79 Å². The Hall–Kier alpha value is -1.05. The Balaban J connectivity index is 2.18. The van der Waals surface area contributed by atoms with E-state index in [0.29, 0.717) is 24.0 Å². The van der Waals surface area contributed by atoms with Gasteiger partial charge in [0.25, 0.3) is 0 Å². The maximum atomic E-state index is 13.7. The number of allylic oxidation sites excluding steroid dienone is 4. The second-order valence-corrected chi connectivity index (χ2v) is 9.72. The molecule has 1 saturated heterocycles. The Labute approximate surface area is 154 Å². The number of ether oxygens (including phenoxy) is 1. The van der Waals surface area contributed by atoms with Gasteiger partial charge < -0.3 is 4.74 Å². The summed E-state index contributed by atoms with van der Waals surface area (Å²) in [5, 5.41) is 0. The summed E-state index contributed by atoms with van der Waals surface area (Å²) in [5.41, 5.74) is 2.12. The van der Waals surface area contributed by atoms with Crippen LogP contribution in [0.2, 0.25) is 0 Å². The highest BCUT2D eigenvalue weighted by molar-refractivity contribution is 5.90. The molecular weight excluding hydrogens is 308 g/mol. The fourth-order valence-corrected chi connectivity index (χ4v) is 6.38. The lowest BCUT2D eigenvalue weighted by Crippen LogP contribution is -2.52. The van der Waals surface area contributed by atoms with Crippen molar-refractivity contribution in [1.29, 1.82) is 0 Å². The number of carbonyl (C=O) groups is 1. The summed E-state index contributed by atoms with van der Waals surface area (Å²) in [5.74, 6) is 2.37. The first-order chi connectivity index (χ1) is 11.6. The van der Waals surface area contributed by atoms with Gasteiger partial charge in [0, 0.05) is 12.3 Å². The van der Waals surface area contributed by atoms with Crippen LogP contribution in [0, 0.1) is 22.7 Å². The van der Waals surface area contributed by atoms with Crippen molar-refractivity contribution in [2.24, 2.45) is 22.7 Å². The fourth-order valence-electron chi connectivity index (χ4n) is 6.38. The van der Waals surface area contributed by atoms with Crippen molar-refractivity contribution >= 4 is 5.78 Å². The first kappa shape index (κ1) is 18.7. The van der Waals surface area contributed by atoms with Crippen molar-refractivity contribution in [3.8, 4) is 0 Å². The fraction of sp³-hybridized carbons (Fsp3) is 0.783. The van der Waals surface area contributed by atoms with E-state index in [1.165, 1.54) is 11.1 Å². The maximum Gasteiger partial charge on any atom is 0.147 e. The number of carbonyl (C=O) groups excluding carboxylic acids is 1. The molecule has 0 bridgehead atoms. The molecule has 0 radical (unpaired) electrons. The van der Waals surface area contributed by atoms with Crippen LogP contribution >= 0.6 is 0 Å². The van der Waals surface area contributed by atoms with Crippen molar-refractivity contribution in [1.82, 2.24) is 0 Å². The van der Waals surface area contributed by atoms with E-state index in [2.05, 4.69) is 54.5 Å². The summed E-state index contributed by atoms with van der Waals surface area (Å²) in [4.78, 5) is 13.7. The molecule has 0 aromatic rings. The smallest absolute Gasteiger partial charge is 0.147 e. The molecule has 25 heavy (non-hydrogen) atoms. The van der Waals surface area contributed by atoms with Crippen LogP contribution in [0.1, 0.15) is 87.0 Å². The molecule has 3 aliphatic rings. The number of hydrogen-bond donors (Lipinski definition) is 0. The molecule has 4 atom stereocenters. The summed E-state index contributed by atoms with van der Waals surface area (Å²) in [6.45, 7) is 15.5. The van der Waals surface area contributed by atoms with Crippen LogP contribution in [0.25, 0.3) is 0 Å². The summed E-state index contributed by atoms with van der Waals surface area (Å²) in [6.07, 6.45) is 8.39. The van der Waals surface area contributed by atoms with E-state index in [4.69, 9.17) is 4.74 Å². The average Bonchev–Trinajstić information content (AvgIpc) is 2.97. The Morgan fingerprint density at radius 2 is 1.96 bits per heavy atom. The van der Waals surface area contributed by atoms with Gasteiger partial charge in [0.05, 0.1) is 5.41 Å². The first-order valence-corrected chi connectivity index (χ1v) is 10.2. The molecule has 0 aromatic heterocycles. The van der Waals surface area contributed by atoms with Gasteiger partial charge in [-0.25, -0.2) is 0 Å². The number of rotatable bonds is 5. The van der Waals surface area contributed by atoms with Gasteiger partial charge in [-0.1, -0.05) is 25.5 Å². The maximum absolute atomic E-state index is 13.7. The highest BCUT2D eigenvalue weighted by atomic mass is 16.5. The van der Waals surface area contributed by atoms with Crippen molar-refractivity contribution in [3.63, 3.8) is 0 Å². The van der Waals surface area contributed by atoms with E-state index in [1.54, 1.807) is 0 Å². The van der Waals surface area contributed by atoms with Gasteiger partial charge >= 0.3 is 0 Å². The Morgan fingerprint density at radius 1 is 1.28 bits per heavy atom. The lowest BCUT2D eigenvalue weighted by atomic mass is 9.49. The summed E-state index contributed by atoms with van der Waals surface area (Å²) in [7, 11) is 0. The minimum Gasteiger partial charge on any atom is -0.491 e. The van der Waals surface area contributed by atoms with E-state index in [9.17, 15) is 4.79 Å². The predicted octanol–water partition coefficient (Wildman–Crippen LogP) is 6.22. The van der Waals surface area contributed by atoms with Gasteiger partial charge in [0.15, 0.2) is 0 Å². The molecule has 0 unspecified atom stereocenters. The highest BCUT2D eigenvalue weighted by Gasteiger charge is 2.74. The summed E-state index contributed by atoms with van der Waals surface area (Å²) < 4.78 is 6.55. The molecule has 0 aromatic carbocycles. The van der Waals surface area contributed by atoms with Crippen LogP contribution in [0.5, 0.6) is 0 Å². The van der Waals surface area contributed by atoms with Crippen molar-refractivity contribution < 1.29 is 9.53 Å². The Kier molecular flexibility index (Phi) is 4.49. The molecule has 2 heteroatoms. The van der Waals surface area contributed by atoms with Crippen molar-refractivity contribution in [3.05, 3.63) is 23.0 Å². The van der Waals surface area contributed by atoms with Crippen LogP contribution in [0.15, 0.2) is 23.0 Å². The van der Waals surface area contributed by atoms with Crippen LogP contribution in [-0.2, 0) is 9.53 Å². The molecule has 2 fully saturated rings. The number of Topliss-reactive ketones (excluding diaryl/α,β-unsaturated/α-hetero) is 1.